The Bertz CT molecular complexity index is 247. The van der Waals surface area contributed by atoms with Crippen LogP contribution in [-0.4, -0.2) is 18.4 Å². The van der Waals surface area contributed by atoms with Crippen LogP contribution in [0.3, 0.4) is 0 Å². The molecule has 3 nitrogen and oxygen atoms in total. The highest BCUT2D eigenvalue weighted by atomic mass is 16.5. The molecule has 3 atom stereocenters. The minimum absolute atomic E-state index is 0.0101. The van der Waals surface area contributed by atoms with Crippen molar-refractivity contribution in [2.45, 2.75) is 26.2 Å². The summed E-state index contributed by atoms with van der Waals surface area (Å²) >= 11 is 0. The molecule has 2 saturated carbocycles. The number of ketones is 1. The lowest BCUT2D eigenvalue weighted by molar-refractivity contribution is -0.150. The zero-order chi connectivity index (χ0) is 9.42. The summed E-state index contributed by atoms with van der Waals surface area (Å²) in [5.74, 6) is 0.177. The van der Waals surface area contributed by atoms with E-state index in [2.05, 4.69) is 0 Å². The molecule has 0 aromatic heterocycles. The Morgan fingerprint density at radius 1 is 1.54 bits per heavy atom. The van der Waals surface area contributed by atoms with Crippen molar-refractivity contribution in [2.75, 3.05) is 6.61 Å². The van der Waals surface area contributed by atoms with Gasteiger partial charge in [-0.2, -0.15) is 0 Å². The summed E-state index contributed by atoms with van der Waals surface area (Å²) in [6.07, 6.45) is 2.62. The van der Waals surface area contributed by atoms with Crippen LogP contribution >= 0.6 is 0 Å². The second kappa shape index (κ2) is 3.13. The zero-order valence-electron chi connectivity index (χ0n) is 7.79. The van der Waals surface area contributed by atoms with Gasteiger partial charge in [-0.05, 0) is 26.2 Å². The predicted octanol–water partition coefficient (Wildman–Crippen LogP) is 1.16. The molecule has 0 aromatic carbocycles. The maximum absolute atomic E-state index is 11.5. The molecule has 0 spiro atoms. The van der Waals surface area contributed by atoms with Gasteiger partial charge in [-0.25, -0.2) is 0 Å². The molecule has 3 unspecified atom stereocenters. The molecule has 0 aromatic rings. The summed E-state index contributed by atoms with van der Waals surface area (Å²) < 4.78 is 4.94. The first-order valence-electron chi connectivity index (χ1n) is 4.94. The molecule has 2 rings (SSSR count). The fraction of sp³-hybridized carbons (Fsp3) is 0.800. The molecule has 2 aliphatic carbocycles. The van der Waals surface area contributed by atoms with Gasteiger partial charge in [0.05, 0.1) is 12.5 Å². The Balaban J connectivity index is 2.04. The van der Waals surface area contributed by atoms with Crippen LogP contribution in [-0.2, 0) is 14.3 Å². The van der Waals surface area contributed by atoms with Crippen molar-refractivity contribution in [3.05, 3.63) is 0 Å². The van der Waals surface area contributed by atoms with Gasteiger partial charge in [-0.1, -0.05) is 0 Å². The highest BCUT2D eigenvalue weighted by Crippen LogP contribution is 2.45. The Morgan fingerprint density at radius 2 is 2.31 bits per heavy atom. The highest BCUT2D eigenvalue weighted by Gasteiger charge is 2.50. The van der Waals surface area contributed by atoms with Crippen molar-refractivity contribution in [1.82, 2.24) is 0 Å². The number of Topliss-reactive ketones (excluding diaryl/α,β-unsaturated/α-hetero) is 1. The number of carbonyl (C=O) groups excluding carboxylic acids is 2. The molecular weight excluding hydrogens is 168 g/mol. The molecule has 0 saturated heterocycles. The van der Waals surface area contributed by atoms with Gasteiger partial charge in [-0.3, -0.25) is 9.59 Å². The van der Waals surface area contributed by atoms with Gasteiger partial charge < -0.3 is 4.74 Å². The smallest absolute Gasteiger partial charge is 0.309 e. The van der Waals surface area contributed by atoms with Crippen molar-refractivity contribution < 1.29 is 14.3 Å². The van der Waals surface area contributed by atoms with Crippen LogP contribution in [0.5, 0.6) is 0 Å². The number of hydrogen-bond acceptors (Lipinski definition) is 3. The van der Waals surface area contributed by atoms with E-state index in [0.717, 1.165) is 19.3 Å². The van der Waals surface area contributed by atoms with E-state index in [0.29, 0.717) is 12.4 Å². The van der Waals surface area contributed by atoms with Gasteiger partial charge in [0, 0.05) is 11.8 Å². The number of esters is 1. The lowest BCUT2D eigenvalue weighted by Gasteiger charge is -2.17. The third-order valence-corrected chi connectivity index (χ3v) is 3.21. The lowest BCUT2D eigenvalue weighted by atomic mass is 9.89. The average molecular weight is 182 g/mol. The second-order valence-corrected chi connectivity index (χ2v) is 3.88. The highest BCUT2D eigenvalue weighted by molar-refractivity contribution is 5.93. The van der Waals surface area contributed by atoms with Gasteiger partial charge >= 0.3 is 5.97 Å². The minimum Gasteiger partial charge on any atom is -0.466 e. The van der Waals surface area contributed by atoms with E-state index in [-0.39, 0.29) is 23.7 Å². The Hall–Kier alpha value is -0.860. The largest absolute Gasteiger partial charge is 0.466 e. The molecule has 72 valence electrons. The first-order chi connectivity index (χ1) is 6.24. The number of carbonyl (C=O) groups is 2. The molecule has 0 heterocycles. The van der Waals surface area contributed by atoms with Crippen LogP contribution in [0, 0.1) is 17.8 Å². The van der Waals surface area contributed by atoms with Crippen molar-refractivity contribution in [3.8, 4) is 0 Å². The summed E-state index contributed by atoms with van der Waals surface area (Å²) in [6, 6.07) is 0. The summed E-state index contributed by atoms with van der Waals surface area (Å²) in [7, 11) is 0. The molecule has 0 aliphatic heterocycles. The van der Waals surface area contributed by atoms with Crippen molar-refractivity contribution >= 4 is 11.8 Å². The van der Waals surface area contributed by atoms with Gasteiger partial charge in [0.2, 0.25) is 0 Å². The number of ether oxygens (including phenoxy) is 1. The molecule has 0 radical (unpaired) electrons. The summed E-state index contributed by atoms with van der Waals surface area (Å²) in [4.78, 5) is 22.9. The Kier molecular flexibility index (Phi) is 2.10. The fourth-order valence-electron chi connectivity index (χ4n) is 2.58. The SMILES string of the molecule is CCOC(=O)C1CC2CCC1C2=O. The molecule has 2 aliphatic rings. The first kappa shape index (κ1) is 8.73. The summed E-state index contributed by atoms with van der Waals surface area (Å²) in [5, 5.41) is 0. The van der Waals surface area contributed by atoms with E-state index in [1.165, 1.54) is 0 Å². The molecule has 0 N–H and O–H groups in total. The molecule has 0 amide bonds. The monoisotopic (exact) mass is 182 g/mol. The van der Waals surface area contributed by atoms with Crippen LogP contribution in [0.4, 0.5) is 0 Å². The first-order valence-corrected chi connectivity index (χ1v) is 4.94. The van der Waals surface area contributed by atoms with Crippen molar-refractivity contribution in [3.63, 3.8) is 0 Å². The number of fused-ring (bicyclic) bond motifs is 2. The Labute approximate surface area is 77.4 Å². The third-order valence-electron chi connectivity index (χ3n) is 3.21. The maximum Gasteiger partial charge on any atom is 0.309 e. The van der Waals surface area contributed by atoms with E-state index in [1.807, 2.05) is 0 Å². The second-order valence-electron chi connectivity index (χ2n) is 3.88. The number of rotatable bonds is 2. The van der Waals surface area contributed by atoms with E-state index >= 15 is 0 Å². The van der Waals surface area contributed by atoms with Gasteiger partial charge in [0.25, 0.3) is 0 Å². The van der Waals surface area contributed by atoms with E-state index in [9.17, 15) is 9.59 Å². The van der Waals surface area contributed by atoms with Crippen LogP contribution in [0.2, 0.25) is 0 Å². The fourth-order valence-corrected chi connectivity index (χ4v) is 2.58. The van der Waals surface area contributed by atoms with Gasteiger partial charge in [-0.15, -0.1) is 0 Å². The molecule has 2 fully saturated rings. The average Bonchev–Trinajstić information content (AvgIpc) is 2.62. The minimum atomic E-state index is -0.164. The molecule has 2 bridgehead atoms. The van der Waals surface area contributed by atoms with Crippen LogP contribution in [0.25, 0.3) is 0 Å². The van der Waals surface area contributed by atoms with Crippen molar-refractivity contribution in [2.24, 2.45) is 17.8 Å². The van der Waals surface area contributed by atoms with E-state index in [4.69, 9.17) is 4.74 Å². The lowest BCUT2D eigenvalue weighted by Crippen LogP contribution is -2.24. The van der Waals surface area contributed by atoms with E-state index < -0.39 is 0 Å². The maximum atomic E-state index is 11.5. The summed E-state index contributed by atoms with van der Waals surface area (Å²) in [6.45, 7) is 2.22. The quantitative estimate of drug-likeness (QED) is 0.602. The topological polar surface area (TPSA) is 43.4 Å². The Morgan fingerprint density at radius 3 is 2.77 bits per heavy atom. The van der Waals surface area contributed by atoms with Crippen LogP contribution in [0.1, 0.15) is 26.2 Å². The van der Waals surface area contributed by atoms with Crippen molar-refractivity contribution in [1.29, 1.82) is 0 Å². The van der Waals surface area contributed by atoms with E-state index in [1.54, 1.807) is 6.92 Å². The normalized spacial score (nSPS) is 36.7. The number of hydrogen-bond donors (Lipinski definition) is 0. The van der Waals surface area contributed by atoms with Crippen LogP contribution in [0.15, 0.2) is 0 Å². The van der Waals surface area contributed by atoms with Gasteiger partial charge in [0.15, 0.2) is 0 Å². The molecular formula is C10H14O3. The standard InChI is InChI=1S/C10H14O3/c1-2-13-10(12)8-5-6-3-4-7(8)9(6)11/h6-8H,2-5H2,1H3. The molecule has 13 heavy (non-hydrogen) atoms. The van der Waals surface area contributed by atoms with Crippen LogP contribution < -0.4 is 0 Å². The zero-order valence-corrected chi connectivity index (χ0v) is 7.79. The molecule has 3 heteroatoms. The summed E-state index contributed by atoms with van der Waals surface area (Å²) in [5.41, 5.74) is 0. The van der Waals surface area contributed by atoms with Gasteiger partial charge in [0.1, 0.15) is 5.78 Å². The predicted molar refractivity (Wildman–Crippen MR) is 46.0 cm³/mol. The third kappa shape index (κ3) is 1.26.